The molecule has 0 aliphatic heterocycles. The Labute approximate surface area is 213 Å². The van der Waals surface area contributed by atoms with E-state index in [4.69, 9.17) is 14.5 Å². The molecule has 0 atom stereocenters. The van der Waals surface area contributed by atoms with Crippen molar-refractivity contribution in [3.8, 4) is 11.5 Å². The fraction of sp³-hybridized carbons (Fsp3) is 0.333. The largest absolute Gasteiger partial charge is 0.494 e. The summed E-state index contributed by atoms with van der Waals surface area (Å²) in [6.07, 6.45) is 2.47. The Balaban J connectivity index is 1.26. The molecule has 0 radical (unpaired) electrons. The van der Waals surface area contributed by atoms with Crippen LogP contribution in [0.2, 0.25) is 0 Å². The fourth-order valence-electron chi connectivity index (χ4n) is 4.22. The number of amides is 1. The van der Waals surface area contributed by atoms with Gasteiger partial charge >= 0.3 is 0 Å². The molecule has 0 unspecified atom stereocenters. The van der Waals surface area contributed by atoms with E-state index in [1.807, 2.05) is 62.4 Å². The smallest absolute Gasteiger partial charge is 0.257 e. The average Bonchev–Trinajstić information content (AvgIpc) is 3.22. The number of hydrogen-bond acceptors (Lipinski definition) is 4. The first-order valence-corrected chi connectivity index (χ1v) is 12.6. The first kappa shape index (κ1) is 25.3. The number of ether oxygens (including phenoxy) is 2. The lowest BCUT2D eigenvalue weighted by Crippen LogP contribution is -2.30. The van der Waals surface area contributed by atoms with Gasteiger partial charge in [-0.1, -0.05) is 36.4 Å². The van der Waals surface area contributed by atoms with Crippen LogP contribution in [0.3, 0.4) is 0 Å². The van der Waals surface area contributed by atoms with Gasteiger partial charge in [0.25, 0.3) is 5.91 Å². The van der Waals surface area contributed by atoms with E-state index in [1.165, 1.54) is 5.56 Å². The third kappa shape index (κ3) is 6.87. The van der Waals surface area contributed by atoms with Crippen LogP contribution in [0.5, 0.6) is 11.5 Å². The van der Waals surface area contributed by atoms with Gasteiger partial charge in [0.1, 0.15) is 17.3 Å². The van der Waals surface area contributed by atoms with E-state index in [-0.39, 0.29) is 12.5 Å². The molecule has 0 fully saturated rings. The number of benzene rings is 3. The molecule has 4 rings (SSSR count). The molecule has 36 heavy (non-hydrogen) atoms. The fourth-order valence-corrected chi connectivity index (χ4v) is 4.22. The predicted octanol–water partition coefficient (Wildman–Crippen LogP) is 5.56. The van der Waals surface area contributed by atoms with Gasteiger partial charge in [-0.3, -0.25) is 4.79 Å². The summed E-state index contributed by atoms with van der Waals surface area (Å²) < 4.78 is 13.9. The number of rotatable bonds is 12. The Bertz CT molecular complexity index is 1310. The van der Waals surface area contributed by atoms with Crippen LogP contribution in [-0.2, 0) is 17.8 Å². The van der Waals surface area contributed by atoms with E-state index in [2.05, 4.69) is 35.0 Å². The molecule has 1 aromatic heterocycles. The van der Waals surface area contributed by atoms with Gasteiger partial charge in [0.15, 0.2) is 6.61 Å². The number of nitrogens with one attached hydrogen (secondary N) is 1. The van der Waals surface area contributed by atoms with Crippen molar-refractivity contribution in [1.29, 1.82) is 0 Å². The first-order valence-electron chi connectivity index (χ1n) is 12.6. The minimum Gasteiger partial charge on any atom is -0.494 e. The third-order valence-corrected chi connectivity index (χ3v) is 6.12. The summed E-state index contributed by atoms with van der Waals surface area (Å²) in [6, 6.07) is 22.3. The van der Waals surface area contributed by atoms with Crippen molar-refractivity contribution in [2.24, 2.45) is 0 Å². The van der Waals surface area contributed by atoms with Crippen molar-refractivity contribution in [3.05, 3.63) is 89.2 Å². The van der Waals surface area contributed by atoms with Crippen LogP contribution in [0.1, 0.15) is 35.4 Å². The zero-order valence-corrected chi connectivity index (χ0v) is 21.4. The van der Waals surface area contributed by atoms with Crippen molar-refractivity contribution < 1.29 is 14.3 Å². The highest BCUT2D eigenvalue weighted by atomic mass is 16.5. The molecule has 0 saturated heterocycles. The lowest BCUT2D eigenvalue weighted by atomic mass is 10.1. The Hall–Kier alpha value is -3.80. The predicted molar refractivity (Wildman–Crippen MR) is 144 cm³/mol. The molecule has 1 heterocycles. The number of nitrogens with zero attached hydrogens (tertiary/aromatic N) is 2. The topological polar surface area (TPSA) is 65.4 Å². The van der Waals surface area contributed by atoms with Crippen LogP contribution >= 0.6 is 0 Å². The Morgan fingerprint density at radius 3 is 2.61 bits per heavy atom. The molecular weight excluding hydrogens is 450 g/mol. The van der Waals surface area contributed by atoms with Crippen LogP contribution in [0.4, 0.5) is 0 Å². The number of aryl methyl sites for hydroxylation is 5. The summed E-state index contributed by atoms with van der Waals surface area (Å²) >= 11 is 0. The van der Waals surface area contributed by atoms with E-state index >= 15 is 0 Å². The van der Waals surface area contributed by atoms with Gasteiger partial charge in [0.2, 0.25) is 0 Å². The summed E-state index contributed by atoms with van der Waals surface area (Å²) in [5.41, 5.74) is 5.46. The maximum Gasteiger partial charge on any atom is 0.257 e. The van der Waals surface area contributed by atoms with Crippen LogP contribution in [0, 0.1) is 20.8 Å². The summed E-state index contributed by atoms with van der Waals surface area (Å²) in [5, 5.41) is 2.96. The van der Waals surface area contributed by atoms with E-state index in [0.29, 0.717) is 13.2 Å². The molecule has 3 aromatic carbocycles. The van der Waals surface area contributed by atoms with Crippen LogP contribution in [-0.4, -0.2) is 35.2 Å². The summed E-state index contributed by atoms with van der Waals surface area (Å²) in [6.45, 7) is 8.13. The molecule has 0 spiro atoms. The second-order valence-corrected chi connectivity index (χ2v) is 9.20. The molecule has 1 amide bonds. The summed E-state index contributed by atoms with van der Waals surface area (Å²) in [7, 11) is 0. The molecule has 4 aromatic rings. The van der Waals surface area contributed by atoms with Gasteiger partial charge in [0.05, 0.1) is 17.6 Å². The number of carbonyl (C=O) groups excluding carboxylic acids is 1. The zero-order valence-electron chi connectivity index (χ0n) is 21.4. The monoisotopic (exact) mass is 485 g/mol. The average molecular weight is 486 g/mol. The van der Waals surface area contributed by atoms with Crippen molar-refractivity contribution in [3.63, 3.8) is 0 Å². The van der Waals surface area contributed by atoms with Gasteiger partial charge in [0, 0.05) is 19.5 Å². The quantitative estimate of drug-likeness (QED) is 0.267. The Morgan fingerprint density at radius 1 is 0.917 bits per heavy atom. The second kappa shape index (κ2) is 12.2. The third-order valence-electron chi connectivity index (χ3n) is 6.12. The van der Waals surface area contributed by atoms with Gasteiger partial charge in [-0.15, -0.1) is 0 Å². The minimum atomic E-state index is -0.113. The molecule has 0 saturated carbocycles. The number of fused-ring (bicyclic) bond motifs is 1. The van der Waals surface area contributed by atoms with Gasteiger partial charge in [-0.05, 0) is 80.6 Å². The summed E-state index contributed by atoms with van der Waals surface area (Å²) in [4.78, 5) is 17.1. The molecule has 1 N–H and O–H groups in total. The highest BCUT2D eigenvalue weighted by Gasteiger charge is 2.11. The molecular formula is C30H35N3O3. The molecule has 0 aliphatic carbocycles. The van der Waals surface area contributed by atoms with Gasteiger partial charge in [-0.25, -0.2) is 4.98 Å². The maximum absolute atomic E-state index is 12.3. The van der Waals surface area contributed by atoms with E-state index < -0.39 is 0 Å². The minimum absolute atomic E-state index is 0.0176. The lowest BCUT2D eigenvalue weighted by Gasteiger charge is -2.12. The van der Waals surface area contributed by atoms with Crippen molar-refractivity contribution in [2.75, 3.05) is 19.8 Å². The number of carbonyl (C=O) groups is 1. The molecule has 6 nitrogen and oxygen atoms in total. The standard InChI is InChI=1S/C30H35N3O3/c1-22-9-6-10-25(19-22)35-18-8-17-33-27-12-5-4-11-26(27)32-29(33)13-7-16-31-30(34)21-36-28-20-23(2)14-15-24(28)3/h4-6,9-12,14-15,19-20H,7-8,13,16-18,21H2,1-3H3,(H,31,34). The molecule has 188 valence electrons. The number of aromatic nitrogens is 2. The van der Waals surface area contributed by atoms with Crippen molar-refractivity contribution in [2.45, 2.75) is 46.6 Å². The molecule has 6 heteroatoms. The van der Waals surface area contributed by atoms with Crippen molar-refractivity contribution in [1.82, 2.24) is 14.9 Å². The molecule has 0 aliphatic rings. The van der Waals surface area contributed by atoms with E-state index in [9.17, 15) is 4.79 Å². The summed E-state index contributed by atoms with van der Waals surface area (Å²) in [5.74, 6) is 2.58. The van der Waals surface area contributed by atoms with Crippen LogP contribution < -0.4 is 14.8 Å². The van der Waals surface area contributed by atoms with Crippen LogP contribution in [0.15, 0.2) is 66.7 Å². The highest BCUT2D eigenvalue weighted by molar-refractivity contribution is 5.77. The Kier molecular flexibility index (Phi) is 8.61. The van der Waals surface area contributed by atoms with E-state index in [0.717, 1.165) is 65.3 Å². The van der Waals surface area contributed by atoms with Gasteiger partial charge < -0.3 is 19.4 Å². The van der Waals surface area contributed by atoms with Crippen molar-refractivity contribution >= 4 is 16.9 Å². The molecule has 0 bridgehead atoms. The maximum atomic E-state index is 12.3. The lowest BCUT2D eigenvalue weighted by molar-refractivity contribution is -0.123. The van der Waals surface area contributed by atoms with Gasteiger partial charge in [-0.2, -0.15) is 0 Å². The first-order chi connectivity index (χ1) is 17.5. The second-order valence-electron chi connectivity index (χ2n) is 9.20. The number of imidazole rings is 1. The highest BCUT2D eigenvalue weighted by Crippen LogP contribution is 2.20. The number of hydrogen-bond donors (Lipinski definition) is 1. The van der Waals surface area contributed by atoms with E-state index in [1.54, 1.807) is 0 Å². The van der Waals surface area contributed by atoms with Crippen LogP contribution in [0.25, 0.3) is 11.0 Å². The number of para-hydroxylation sites is 2. The zero-order chi connectivity index (χ0) is 25.3. The normalized spacial score (nSPS) is 11.0. The Morgan fingerprint density at radius 2 is 1.75 bits per heavy atom. The SMILES string of the molecule is Cc1cccc(OCCCn2c(CCCNC(=O)COc3cc(C)ccc3C)nc3ccccc32)c1.